The number of hydrogen-bond donors (Lipinski definition) is 0. The minimum absolute atomic E-state index is 0.00438. The Balaban J connectivity index is 1.70. The number of aryl methyl sites for hydroxylation is 2. The molecule has 4 aromatic rings. The van der Waals surface area contributed by atoms with E-state index in [1.54, 1.807) is 0 Å². The van der Waals surface area contributed by atoms with Crippen LogP contribution in [0.2, 0.25) is 0 Å². The van der Waals surface area contributed by atoms with Crippen molar-refractivity contribution in [2.24, 2.45) is 0 Å². The van der Waals surface area contributed by atoms with E-state index < -0.39 is 0 Å². The molecular weight excluding hydrogens is 392 g/mol. The zero-order chi connectivity index (χ0) is 21.4. The van der Waals surface area contributed by atoms with Gasteiger partial charge in [0.05, 0.1) is 30.5 Å². The van der Waals surface area contributed by atoms with E-state index in [4.69, 9.17) is 9.26 Å². The number of fused-ring (bicyclic) bond motifs is 1. The van der Waals surface area contributed by atoms with Crippen molar-refractivity contribution < 1.29 is 14.1 Å². The number of rotatable bonds is 4. The molecule has 0 aliphatic carbocycles. The van der Waals surface area contributed by atoms with E-state index in [9.17, 15) is 4.79 Å². The van der Waals surface area contributed by atoms with Crippen LogP contribution in [0.15, 0.2) is 53.1 Å². The lowest BCUT2D eigenvalue weighted by Gasteiger charge is -2.37. The van der Waals surface area contributed by atoms with Gasteiger partial charge in [0.1, 0.15) is 11.6 Å². The third-order valence-electron chi connectivity index (χ3n) is 5.71. The lowest BCUT2D eigenvalue weighted by molar-refractivity contribution is 0.0938. The van der Waals surface area contributed by atoms with Crippen LogP contribution in [0.3, 0.4) is 0 Å². The Morgan fingerprint density at radius 2 is 1.94 bits per heavy atom. The lowest BCUT2D eigenvalue weighted by atomic mass is 10.0. The number of nitrogens with zero attached hydrogens (tertiary/aromatic N) is 4. The van der Waals surface area contributed by atoms with Crippen LogP contribution >= 0.6 is 0 Å². The van der Waals surface area contributed by atoms with Gasteiger partial charge in [0.15, 0.2) is 12.1 Å². The van der Waals surface area contributed by atoms with E-state index in [2.05, 4.69) is 38.2 Å². The highest BCUT2D eigenvalue weighted by Gasteiger charge is 2.28. The van der Waals surface area contributed by atoms with Crippen LogP contribution in [0, 0.1) is 13.8 Å². The first-order valence-electron chi connectivity index (χ1n) is 10.3. The maximum atomic E-state index is 11.6. The van der Waals surface area contributed by atoms with Crippen molar-refractivity contribution in [3.05, 3.63) is 71.4 Å². The van der Waals surface area contributed by atoms with Crippen molar-refractivity contribution in [2.75, 3.05) is 24.7 Å². The van der Waals surface area contributed by atoms with Crippen molar-refractivity contribution in [1.82, 2.24) is 15.1 Å². The van der Waals surface area contributed by atoms with E-state index in [0.29, 0.717) is 26.0 Å². The van der Waals surface area contributed by atoms with Gasteiger partial charge in [0.25, 0.3) is 0 Å². The quantitative estimate of drug-likeness (QED) is 0.461. The minimum Gasteiger partial charge on any atom is -0.377 e. The zero-order valence-electron chi connectivity index (χ0n) is 17.4. The number of ether oxygens (including phenoxy) is 1. The molecule has 1 aliphatic rings. The molecule has 0 saturated carbocycles. The number of carbonyl (C=O) groups excluding carboxylic acids is 1. The number of hydrogen-bond acceptors (Lipinski definition) is 7. The standard InChI is InChI=1S/C24H22N4O3/c1-15-23(16(2)31-27-15)18-8-9-20-19(12-18)24(26-22(13-29)25-20)28-10-11-30-14-21(28)17-6-4-3-5-7-17/h3-9,12-13,21H,10-11,14H2,1-2H3/t21-/m1/s1. The first-order valence-corrected chi connectivity index (χ1v) is 10.3. The molecule has 1 atom stereocenters. The molecule has 5 rings (SSSR count). The SMILES string of the molecule is Cc1noc(C)c1-c1ccc2nc(C=O)nc(N3CCOC[C@@H]3c3ccccc3)c2c1. The van der Waals surface area contributed by atoms with Gasteiger partial charge < -0.3 is 14.2 Å². The van der Waals surface area contributed by atoms with Gasteiger partial charge in [0.2, 0.25) is 0 Å². The van der Waals surface area contributed by atoms with Gasteiger partial charge >= 0.3 is 0 Å². The Hall–Kier alpha value is -3.58. The average molecular weight is 414 g/mol. The number of benzene rings is 2. The fourth-order valence-corrected chi connectivity index (χ4v) is 4.26. The predicted molar refractivity (Wildman–Crippen MR) is 117 cm³/mol. The highest BCUT2D eigenvalue weighted by molar-refractivity contribution is 5.95. The summed E-state index contributed by atoms with van der Waals surface area (Å²) >= 11 is 0. The van der Waals surface area contributed by atoms with Gasteiger partial charge in [-0.2, -0.15) is 0 Å². The number of morpholine rings is 1. The second kappa shape index (κ2) is 7.92. The molecule has 31 heavy (non-hydrogen) atoms. The first-order chi connectivity index (χ1) is 15.2. The number of aldehydes is 1. The van der Waals surface area contributed by atoms with E-state index in [1.165, 1.54) is 0 Å². The normalized spacial score (nSPS) is 16.6. The summed E-state index contributed by atoms with van der Waals surface area (Å²) in [6, 6.07) is 16.2. The van der Waals surface area contributed by atoms with Crippen molar-refractivity contribution in [1.29, 1.82) is 0 Å². The van der Waals surface area contributed by atoms with Gasteiger partial charge in [-0.05, 0) is 37.1 Å². The summed E-state index contributed by atoms with van der Waals surface area (Å²) in [5, 5.41) is 4.96. The molecule has 156 valence electrons. The Labute approximate surface area is 179 Å². The Morgan fingerprint density at radius 3 is 2.68 bits per heavy atom. The molecule has 7 heteroatoms. The summed E-state index contributed by atoms with van der Waals surface area (Å²) in [6.45, 7) is 5.64. The predicted octanol–water partition coefficient (Wildman–Crippen LogP) is 4.29. The monoisotopic (exact) mass is 414 g/mol. The molecule has 0 bridgehead atoms. The third kappa shape index (κ3) is 3.47. The molecule has 0 N–H and O–H groups in total. The van der Waals surface area contributed by atoms with E-state index in [-0.39, 0.29) is 11.9 Å². The molecule has 0 amide bonds. The summed E-state index contributed by atoms with van der Waals surface area (Å²) < 4.78 is 11.2. The van der Waals surface area contributed by atoms with Crippen molar-refractivity contribution in [3.63, 3.8) is 0 Å². The molecule has 1 saturated heterocycles. The molecule has 2 aromatic carbocycles. The fraction of sp³-hybridized carbons (Fsp3) is 0.250. The van der Waals surface area contributed by atoms with Gasteiger partial charge in [-0.15, -0.1) is 0 Å². The highest BCUT2D eigenvalue weighted by atomic mass is 16.5. The second-order valence-electron chi connectivity index (χ2n) is 7.65. The molecule has 1 fully saturated rings. The van der Waals surface area contributed by atoms with Gasteiger partial charge in [0, 0.05) is 17.5 Å². The summed E-state index contributed by atoms with van der Waals surface area (Å²) in [5.41, 5.74) is 4.65. The highest BCUT2D eigenvalue weighted by Crippen LogP contribution is 2.36. The average Bonchev–Trinajstić information content (AvgIpc) is 3.16. The van der Waals surface area contributed by atoms with Crippen LogP contribution in [0.25, 0.3) is 22.0 Å². The summed E-state index contributed by atoms with van der Waals surface area (Å²) in [7, 11) is 0. The van der Waals surface area contributed by atoms with Crippen LogP contribution < -0.4 is 4.90 Å². The molecule has 0 radical (unpaired) electrons. The van der Waals surface area contributed by atoms with Gasteiger partial charge in [-0.3, -0.25) is 4.79 Å². The lowest BCUT2D eigenvalue weighted by Crippen LogP contribution is -2.40. The summed E-state index contributed by atoms with van der Waals surface area (Å²) in [6.07, 6.45) is 0.698. The Morgan fingerprint density at radius 1 is 1.10 bits per heavy atom. The molecular formula is C24H22N4O3. The maximum Gasteiger partial charge on any atom is 0.195 e. The van der Waals surface area contributed by atoms with Crippen molar-refractivity contribution >= 4 is 23.0 Å². The van der Waals surface area contributed by atoms with Crippen LogP contribution in [0.1, 0.15) is 33.7 Å². The van der Waals surface area contributed by atoms with Gasteiger partial charge in [-0.25, -0.2) is 9.97 Å². The molecule has 7 nitrogen and oxygen atoms in total. The Bertz CT molecular complexity index is 1230. The third-order valence-corrected chi connectivity index (χ3v) is 5.71. The first kappa shape index (κ1) is 19.4. The smallest absolute Gasteiger partial charge is 0.195 e. The second-order valence-corrected chi connectivity index (χ2v) is 7.65. The largest absolute Gasteiger partial charge is 0.377 e. The molecule has 0 unspecified atom stereocenters. The fourth-order valence-electron chi connectivity index (χ4n) is 4.26. The van der Waals surface area contributed by atoms with Crippen molar-refractivity contribution in [2.45, 2.75) is 19.9 Å². The van der Waals surface area contributed by atoms with Gasteiger partial charge in [-0.1, -0.05) is 41.6 Å². The molecule has 2 aromatic heterocycles. The number of anilines is 1. The molecule has 3 heterocycles. The van der Waals surface area contributed by atoms with Crippen LogP contribution in [-0.2, 0) is 4.74 Å². The summed E-state index contributed by atoms with van der Waals surface area (Å²) in [4.78, 5) is 22.9. The summed E-state index contributed by atoms with van der Waals surface area (Å²) in [5.74, 6) is 1.67. The van der Waals surface area contributed by atoms with Crippen LogP contribution in [0.4, 0.5) is 5.82 Å². The van der Waals surface area contributed by atoms with E-state index in [0.717, 1.165) is 44.9 Å². The maximum absolute atomic E-state index is 11.6. The zero-order valence-corrected chi connectivity index (χ0v) is 17.4. The molecule has 0 spiro atoms. The van der Waals surface area contributed by atoms with Crippen molar-refractivity contribution in [3.8, 4) is 11.1 Å². The van der Waals surface area contributed by atoms with Crippen LogP contribution in [-0.4, -0.2) is 41.2 Å². The van der Waals surface area contributed by atoms with E-state index >= 15 is 0 Å². The topological polar surface area (TPSA) is 81.3 Å². The number of carbonyl (C=O) groups is 1. The Kier molecular flexibility index (Phi) is 4.95. The van der Waals surface area contributed by atoms with Crippen LogP contribution in [0.5, 0.6) is 0 Å². The minimum atomic E-state index is -0.00438. The molecule has 1 aliphatic heterocycles. The number of aromatic nitrogens is 3. The van der Waals surface area contributed by atoms with E-state index in [1.807, 2.05) is 44.2 Å².